The molecule has 0 heterocycles. The molecule has 1 aliphatic carbocycles. The second-order valence-electron chi connectivity index (χ2n) is 3.55. The lowest BCUT2D eigenvalue weighted by Crippen LogP contribution is -2.11. The first-order chi connectivity index (χ1) is 4.33. The zero-order valence-electron chi connectivity index (χ0n) is 6.69. The van der Waals surface area contributed by atoms with E-state index in [4.69, 9.17) is 0 Å². The quantitative estimate of drug-likeness (QED) is 0.521. The van der Waals surface area contributed by atoms with Gasteiger partial charge in [-0.15, -0.1) is 0 Å². The van der Waals surface area contributed by atoms with E-state index in [2.05, 4.69) is 13.8 Å². The molecule has 0 bridgehead atoms. The molecule has 0 aromatic heterocycles. The zero-order chi connectivity index (χ0) is 6.69. The third-order valence-electron chi connectivity index (χ3n) is 2.62. The predicted octanol–water partition coefficient (Wildman–Crippen LogP) is 3.86. The molecule has 0 aliphatic heterocycles. The van der Waals surface area contributed by atoms with E-state index >= 15 is 0 Å². The lowest BCUT2D eigenvalue weighted by atomic mass is 9.81. The van der Waals surface area contributed by atoms with Crippen LogP contribution in [0.4, 0.5) is 0 Å². The van der Waals surface area contributed by atoms with Crippen LogP contribution in [0.15, 0.2) is 0 Å². The Bertz CT molecular complexity index is 76.1. The van der Waals surface area contributed by atoms with Crippen molar-refractivity contribution in [2.45, 2.75) is 53.4 Å². The molecular weight excluding hydrogens is 120 g/mol. The van der Waals surface area contributed by atoms with E-state index in [-0.39, 0.29) is 7.43 Å². The van der Waals surface area contributed by atoms with Gasteiger partial charge in [0.2, 0.25) is 0 Å². The first kappa shape index (κ1) is 10.0. The van der Waals surface area contributed by atoms with Crippen molar-refractivity contribution in [3.8, 4) is 0 Å². The second kappa shape index (κ2) is 4.76. The van der Waals surface area contributed by atoms with Gasteiger partial charge >= 0.3 is 0 Å². The van der Waals surface area contributed by atoms with Gasteiger partial charge in [0.05, 0.1) is 0 Å². The molecule has 2 atom stereocenters. The van der Waals surface area contributed by atoms with E-state index in [1.54, 1.807) is 0 Å². The van der Waals surface area contributed by atoms with Gasteiger partial charge in [0.15, 0.2) is 0 Å². The molecule has 0 N–H and O–H groups in total. The summed E-state index contributed by atoms with van der Waals surface area (Å²) in [6.07, 6.45) is 7.37. The summed E-state index contributed by atoms with van der Waals surface area (Å²) in [5.41, 5.74) is 0. The van der Waals surface area contributed by atoms with Crippen molar-refractivity contribution in [1.82, 2.24) is 0 Å². The van der Waals surface area contributed by atoms with Crippen LogP contribution < -0.4 is 0 Å². The fraction of sp³-hybridized carbons (Fsp3) is 1.00. The summed E-state index contributed by atoms with van der Waals surface area (Å²) in [4.78, 5) is 0. The molecule has 0 amide bonds. The van der Waals surface area contributed by atoms with Crippen molar-refractivity contribution in [1.29, 1.82) is 0 Å². The van der Waals surface area contributed by atoms with E-state index in [9.17, 15) is 0 Å². The summed E-state index contributed by atoms with van der Waals surface area (Å²) in [6.45, 7) is 4.71. The molecule has 10 heavy (non-hydrogen) atoms. The molecule has 1 aliphatic rings. The molecule has 0 radical (unpaired) electrons. The van der Waals surface area contributed by atoms with Gasteiger partial charge in [-0.1, -0.05) is 47.0 Å². The largest absolute Gasteiger partial charge is 0.0776 e. The molecular formula is C10H22. The second-order valence-corrected chi connectivity index (χ2v) is 3.55. The maximum absolute atomic E-state index is 2.39. The van der Waals surface area contributed by atoms with Gasteiger partial charge in [-0.3, -0.25) is 0 Å². The lowest BCUT2D eigenvalue weighted by molar-refractivity contribution is 0.276. The SMILES string of the molecule is C.CCC1CCCC(C)C1. The van der Waals surface area contributed by atoms with Crippen LogP contribution in [0.2, 0.25) is 0 Å². The van der Waals surface area contributed by atoms with Crippen LogP contribution in [0.1, 0.15) is 53.4 Å². The average Bonchev–Trinajstić information content (AvgIpc) is 1.88. The number of hydrogen-bond donors (Lipinski definition) is 0. The van der Waals surface area contributed by atoms with Gasteiger partial charge in [0.25, 0.3) is 0 Å². The van der Waals surface area contributed by atoms with Gasteiger partial charge in [0, 0.05) is 0 Å². The van der Waals surface area contributed by atoms with Gasteiger partial charge in [0.1, 0.15) is 0 Å². The highest BCUT2D eigenvalue weighted by molar-refractivity contribution is 4.68. The topological polar surface area (TPSA) is 0 Å². The Kier molecular flexibility index (Phi) is 4.76. The Hall–Kier alpha value is 0. The van der Waals surface area contributed by atoms with Crippen LogP contribution in [-0.4, -0.2) is 0 Å². The monoisotopic (exact) mass is 142 g/mol. The Morgan fingerprint density at radius 2 is 2.00 bits per heavy atom. The fourth-order valence-corrected chi connectivity index (χ4v) is 1.93. The number of rotatable bonds is 1. The highest BCUT2D eigenvalue weighted by atomic mass is 14.2. The summed E-state index contributed by atoms with van der Waals surface area (Å²) >= 11 is 0. The third-order valence-corrected chi connectivity index (χ3v) is 2.62. The van der Waals surface area contributed by atoms with E-state index in [0.29, 0.717) is 0 Å². The van der Waals surface area contributed by atoms with E-state index in [1.165, 1.54) is 32.1 Å². The molecule has 1 rings (SSSR count). The Labute approximate surface area is 66.0 Å². The molecule has 2 unspecified atom stereocenters. The van der Waals surface area contributed by atoms with Gasteiger partial charge in [-0.2, -0.15) is 0 Å². The fourth-order valence-electron chi connectivity index (χ4n) is 1.93. The number of hydrogen-bond acceptors (Lipinski definition) is 0. The highest BCUT2D eigenvalue weighted by Crippen LogP contribution is 2.29. The van der Waals surface area contributed by atoms with Crippen molar-refractivity contribution < 1.29 is 0 Å². The Balaban J connectivity index is 0.000000810. The van der Waals surface area contributed by atoms with Gasteiger partial charge in [-0.25, -0.2) is 0 Å². The lowest BCUT2D eigenvalue weighted by Gasteiger charge is -2.25. The summed E-state index contributed by atoms with van der Waals surface area (Å²) in [6, 6.07) is 0. The summed E-state index contributed by atoms with van der Waals surface area (Å²) in [5, 5.41) is 0. The minimum Gasteiger partial charge on any atom is -0.0776 e. The first-order valence-corrected chi connectivity index (χ1v) is 4.33. The van der Waals surface area contributed by atoms with Crippen LogP contribution in [0.3, 0.4) is 0 Å². The van der Waals surface area contributed by atoms with Crippen LogP contribution in [0.25, 0.3) is 0 Å². The molecule has 0 aromatic rings. The minimum absolute atomic E-state index is 0. The standard InChI is InChI=1S/C9H18.CH4/c1-3-9-6-4-5-8(2)7-9;/h8-9H,3-7H2,1-2H3;1H4. The van der Waals surface area contributed by atoms with Crippen molar-refractivity contribution in [2.24, 2.45) is 11.8 Å². The average molecular weight is 142 g/mol. The maximum atomic E-state index is 2.39. The summed E-state index contributed by atoms with van der Waals surface area (Å²) in [5.74, 6) is 2.08. The highest BCUT2D eigenvalue weighted by Gasteiger charge is 2.16. The van der Waals surface area contributed by atoms with Crippen LogP contribution in [-0.2, 0) is 0 Å². The van der Waals surface area contributed by atoms with Crippen molar-refractivity contribution in [2.75, 3.05) is 0 Å². The van der Waals surface area contributed by atoms with Crippen LogP contribution in [0.5, 0.6) is 0 Å². The smallest absolute Gasteiger partial charge is 0.0414 e. The normalized spacial score (nSPS) is 33.0. The predicted molar refractivity (Wildman–Crippen MR) is 48.1 cm³/mol. The Morgan fingerprint density at radius 1 is 1.30 bits per heavy atom. The van der Waals surface area contributed by atoms with E-state index in [0.717, 1.165) is 11.8 Å². The molecule has 0 heteroatoms. The van der Waals surface area contributed by atoms with Gasteiger partial charge in [-0.05, 0) is 18.3 Å². The van der Waals surface area contributed by atoms with Crippen molar-refractivity contribution in [3.05, 3.63) is 0 Å². The molecule has 0 aromatic carbocycles. The van der Waals surface area contributed by atoms with Crippen LogP contribution in [0, 0.1) is 11.8 Å². The molecule has 1 fully saturated rings. The first-order valence-electron chi connectivity index (χ1n) is 4.33. The zero-order valence-corrected chi connectivity index (χ0v) is 6.69. The molecule has 1 saturated carbocycles. The van der Waals surface area contributed by atoms with Crippen LogP contribution >= 0.6 is 0 Å². The maximum Gasteiger partial charge on any atom is -0.0414 e. The molecule has 62 valence electrons. The van der Waals surface area contributed by atoms with Gasteiger partial charge < -0.3 is 0 Å². The third kappa shape index (κ3) is 2.72. The molecule has 0 nitrogen and oxygen atoms in total. The van der Waals surface area contributed by atoms with Crippen molar-refractivity contribution >= 4 is 0 Å². The van der Waals surface area contributed by atoms with Crippen molar-refractivity contribution in [3.63, 3.8) is 0 Å². The Morgan fingerprint density at radius 3 is 2.40 bits per heavy atom. The van der Waals surface area contributed by atoms with E-state index < -0.39 is 0 Å². The summed E-state index contributed by atoms with van der Waals surface area (Å²) in [7, 11) is 0. The molecule has 0 saturated heterocycles. The minimum atomic E-state index is 0. The molecule has 0 spiro atoms. The summed E-state index contributed by atoms with van der Waals surface area (Å²) < 4.78 is 0. The van der Waals surface area contributed by atoms with E-state index in [1.807, 2.05) is 0 Å².